The Hall–Kier alpha value is -3.11. The molecule has 1 aliphatic carbocycles. The maximum atomic E-state index is 11.2. The van der Waals surface area contributed by atoms with Gasteiger partial charge in [0.1, 0.15) is 5.82 Å². The van der Waals surface area contributed by atoms with Crippen molar-refractivity contribution in [2.75, 3.05) is 0 Å². The lowest BCUT2D eigenvalue weighted by molar-refractivity contribution is -0.118. The molecular weight excluding hydrogens is 382 g/mol. The van der Waals surface area contributed by atoms with Gasteiger partial charge in [-0.25, -0.2) is 0 Å². The molecule has 2 N–H and O–H groups in total. The topological polar surface area (TPSA) is 97.6 Å². The molecule has 1 amide bonds. The lowest BCUT2D eigenvalue weighted by atomic mass is 10.00. The second-order valence-corrected chi connectivity index (χ2v) is 8.07. The summed E-state index contributed by atoms with van der Waals surface area (Å²) in [4.78, 5) is 11.2. The Kier molecular flexibility index (Phi) is 5.63. The standard InChI is InChI=1S/C22H21N5OS/c23-13-18-3-1-2-4-19(18)16-7-5-15(6-8-16)14-29-22-26-25-21(17-9-10-17)27(22)12-11-20(24)28/h1-8,17H,9-12,14H2,(H2,24,28). The monoisotopic (exact) mass is 403 g/mol. The number of carbonyl (C=O) groups is 1. The van der Waals surface area contributed by atoms with Crippen molar-refractivity contribution in [1.29, 1.82) is 5.26 Å². The van der Waals surface area contributed by atoms with Gasteiger partial charge in [0.15, 0.2) is 5.16 Å². The highest BCUT2D eigenvalue weighted by molar-refractivity contribution is 7.98. The fourth-order valence-corrected chi connectivity index (χ4v) is 4.17. The largest absolute Gasteiger partial charge is 0.370 e. The number of amides is 1. The van der Waals surface area contributed by atoms with Crippen molar-refractivity contribution in [3.63, 3.8) is 0 Å². The first-order valence-corrected chi connectivity index (χ1v) is 10.6. The molecule has 0 atom stereocenters. The number of carbonyl (C=O) groups excluding carboxylic acids is 1. The summed E-state index contributed by atoms with van der Waals surface area (Å²) in [5.74, 6) is 1.87. The number of primary amides is 1. The lowest BCUT2D eigenvalue weighted by Crippen LogP contribution is -2.15. The number of nitrogens with two attached hydrogens (primary N) is 1. The number of benzene rings is 2. The van der Waals surface area contributed by atoms with Crippen LogP contribution >= 0.6 is 11.8 Å². The predicted molar refractivity (Wildman–Crippen MR) is 112 cm³/mol. The van der Waals surface area contributed by atoms with Crippen molar-refractivity contribution in [3.05, 3.63) is 65.5 Å². The Morgan fingerprint density at radius 3 is 2.62 bits per heavy atom. The first kappa shape index (κ1) is 19.2. The number of hydrogen-bond acceptors (Lipinski definition) is 5. The Morgan fingerprint density at radius 2 is 1.93 bits per heavy atom. The van der Waals surface area contributed by atoms with Gasteiger partial charge in [0.05, 0.1) is 11.6 Å². The zero-order valence-corrected chi connectivity index (χ0v) is 16.7. The molecule has 0 saturated heterocycles. The van der Waals surface area contributed by atoms with E-state index in [0.29, 0.717) is 18.0 Å². The summed E-state index contributed by atoms with van der Waals surface area (Å²) < 4.78 is 2.05. The van der Waals surface area contributed by atoms with Crippen molar-refractivity contribution in [1.82, 2.24) is 14.8 Å². The molecule has 2 aromatic carbocycles. The van der Waals surface area contributed by atoms with Crippen molar-refractivity contribution in [2.45, 2.75) is 42.6 Å². The molecule has 6 nitrogen and oxygen atoms in total. The van der Waals surface area contributed by atoms with Crippen LogP contribution in [-0.2, 0) is 17.1 Å². The van der Waals surface area contributed by atoms with Crippen molar-refractivity contribution >= 4 is 17.7 Å². The van der Waals surface area contributed by atoms with Crippen LogP contribution in [0.25, 0.3) is 11.1 Å². The summed E-state index contributed by atoms with van der Waals surface area (Å²) >= 11 is 1.61. The molecular formula is C22H21N5OS. The SMILES string of the molecule is N#Cc1ccccc1-c1ccc(CSc2nnc(C3CC3)n2CCC(N)=O)cc1. The highest BCUT2D eigenvalue weighted by Gasteiger charge is 2.30. The van der Waals surface area contributed by atoms with Gasteiger partial charge in [-0.3, -0.25) is 4.79 Å². The van der Waals surface area contributed by atoms with Crippen molar-refractivity contribution in [2.24, 2.45) is 5.73 Å². The average molecular weight is 404 g/mol. The summed E-state index contributed by atoms with van der Waals surface area (Å²) in [5.41, 5.74) is 9.12. The summed E-state index contributed by atoms with van der Waals surface area (Å²) in [5, 5.41) is 18.8. The van der Waals surface area contributed by atoms with Crippen LogP contribution in [0.2, 0.25) is 0 Å². The molecule has 1 aliphatic rings. The van der Waals surface area contributed by atoms with E-state index in [9.17, 15) is 10.1 Å². The maximum absolute atomic E-state index is 11.2. The maximum Gasteiger partial charge on any atom is 0.219 e. The third kappa shape index (κ3) is 4.49. The summed E-state index contributed by atoms with van der Waals surface area (Å²) in [7, 11) is 0. The molecule has 0 spiro atoms. The molecule has 4 rings (SSSR count). The fourth-order valence-electron chi connectivity index (χ4n) is 3.24. The van der Waals surface area contributed by atoms with E-state index >= 15 is 0 Å². The minimum Gasteiger partial charge on any atom is -0.370 e. The Morgan fingerprint density at radius 1 is 1.17 bits per heavy atom. The average Bonchev–Trinajstić information content (AvgIpc) is 3.51. The van der Waals surface area contributed by atoms with E-state index < -0.39 is 0 Å². The third-order valence-corrected chi connectivity index (χ3v) is 5.99. The molecule has 1 fully saturated rings. The first-order valence-electron chi connectivity index (χ1n) is 9.58. The van der Waals surface area contributed by atoms with Crippen LogP contribution in [0.5, 0.6) is 0 Å². The number of thioether (sulfide) groups is 1. The van der Waals surface area contributed by atoms with Gasteiger partial charge >= 0.3 is 0 Å². The molecule has 1 aromatic heterocycles. The minimum absolute atomic E-state index is 0.290. The number of hydrogen-bond donors (Lipinski definition) is 1. The van der Waals surface area contributed by atoms with Crippen molar-refractivity contribution < 1.29 is 4.79 Å². The van der Waals surface area contributed by atoms with Crippen LogP contribution in [0.3, 0.4) is 0 Å². The minimum atomic E-state index is -0.315. The smallest absolute Gasteiger partial charge is 0.219 e. The second-order valence-electron chi connectivity index (χ2n) is 7.13. The van der Waals surface area contributed by atoms with Gasteiger partial charge in [-0.15, -0.1) is 10.2 Å². The number of rotatable bonds is 8. The van der Waals surface area contributed by atoms with Gasteiger partial charge in [0.2, 0.25) is 5.91 Å². The quantitative estimate of drug-likeness (QED) is 0.576. The van der Waals surface area contributed by atoms with E-state index in [4.69, 9.17) is 5.73 Å². The van der Waals surface area contributed by atoms with Crippen LogP contribution < -0.4 is 5.73 Å². The molecule has 3 aromatic rings. The van der Waals surface area contributed by atoms with Crippen LogP contribution in [0.1, 0.15) is 42.1 Å². The molecule has 0 unspecified atom stereocenters. The normalized spacial score (nSPS) is 13.2. The zero-order valence-electron chi connectivity index (χ0n) is 15.9. The molecule has 29 heavy (non-hydrogen) atoms. The van der Waals surface area contributed by atoms with Gasteiger partial charge in [0, 0.05) is 24.6 Å². The molecule has 7 heteroatoms. The van der Waals surface area contributed by atoms with Crippen LogP contribution in [-0.4, -0.2) is 20.7 Å². The number of nitriles is 1. The zero-order chi connectivity index (χ0) is 20.2. The van der Waals surface area contributed by atoms with Crippen LogP contribution in [0.15, 0.2) is 53.7 Å². The first-order chi connectivity index (χ1) is 14.2. The van der Waals surface area contributed by atoms with Gasteiger partial charge in [-0.1, -0.05) is 54.2 Å². The van der Waals surface area contributed by atoms with E-state index in [1.807, 2.05) is 41.0 Å². The lowest BCUT2D eigenvalue weighted by Gasteiger charge is -2.09. The van der Waals surface area contributed by atoms with Crippen LogP contribution in [0, 0.1) is 11.3 Å². The van der Waals surface area contributed by atoms with E-state index in [-0.39, 0.29) is 12.3 Å². The van der Waals surface area contributed by atoms with Crippen molar-refractivity contribution in [3.8, 4) is 17.2 Å². The third-order valence-electron chi connectivity index (χ3n) is 4.95. The molecule has 1 saturated carbocycles. The molecule has 146 valence electrons. The van der Waals surface area contributed by atoms with E-state index in [1.54, 1.807) is 11.8 Å². The van der Waals surface area contributed by atoms with E-state index in [1.165, 1.54) is 0 Å². The predicted octanol–water partition coefficient (Wildman–Crippen LogP) is 3.86. The molecule has 0 bridgehead atoms. The Bertz CT molecular complexity index is 1060. The molecule has 0 aliphatic heterocycles. The van der Waals surface area contributed by atoms with Gasteiger partial charge in [0.25, 0.3) is 0 Å². The summed E-state index contributed by atoms with van der Waals surface area (Å²) in [6.07, 6.45) is 2.55. The number of aromatic nitrogens is 3. The highest BCUT2D eigenvalue weighted by Crippen LogP contribution is 2.40. The molecule has 0 radical (unpaired) electrons. The van der Waals surface area contributed by atoms with E-state index in [0.717, 1.165) is 46.3 Å². The van der Waals surface area contributed by atoms with Gasteiger partial charge < -0.3 is 10.3 Å². The van der Waals surface area contributed by atoms with Gasteiger partial charge in [-0.05, 0) is 35.6 Å². The summed E-state index contributed by atoms with van der Waals surface area (Å²) in [6, 6.07) is 18.1. The highest BCUT2D eigenvalue weighted by atomic mass is 32.2. The molecule has 1 heterocycles. The summed E-state index contributed by atoms with van der Waals surface area (Å²) in [6.45, 7) is 0.528. The number of nitrogens with zero attached hydrogens (tertiary/aromatic N) is 4. The van der Waals surface area contributed by atoms with Gasteiger partial charge in [-0.2, -0.15) is 5.26 Å². The Balaban J connectivity index is 1.47. The Labute approximate surface area is 173 Å². The second kappa shape index (κ2) is 8.50. The van der Waals surface area contributed by atoms with Crippen LogP contribution in [0.4, 0.5) is 0 Å². The fraction of sp³-hybridized carbons (Fsp3) is 0.273. The van der Waals surface area contributed by atoms with E-state index in [2.05, 4.69) is 28.4 Å².